The van der Waals surface area contributed by atoms with Crippen molar-refractivity contribution in [1.82, 2.24) is 5.32 Å². The Hall–Kier alpha value is -0.110. The molecular formula is C10H20FN. The van der Waals surface area contributed by atoms with Gasteiger partial charge in [-0.25, -0.2) is 0 Å². The van der Waals surface area contributed by atoms with Gasteiger partial charge in [-0.15, -0.1) is 0 Å². The van der Waals surface area contributed by atoms with Crippen LogP contribution < -0.4 is 5.32 Å². The first-order valence-corrected chi connectivity index (χ1v) is 4.85. The van der Waals surface area contributed by atoms with E-state index in [2.05, 4.69) is 19.2 Å². The van der Waals surface area contributed by atoms with Crippen molar-refractivity contribution in [2.75, 3.05) is 13.2 Å². The molecule has 1 rings (SSSR count). The molecule has 0 amide bonds. The van der Waals surface area contributed by atoms with Gasteiger partial charge in [-0.05, 0) is 30.7 Å². The van der Waals surface area contributed by atoms with Crippen LogP contribution in [0.5, 0.6) is 0 Å². The minimum atomic E-state index is -0.160. The molecule has 0 radical (unpaired) electrons. The van der Waals surface area contributed by atoms with E-state index in [0.29, 0.717) is 12.0 Å². The standard InChI is InChI=1S/C10H20FN/c1-8(2)6-12-9-4-10(3,5-9)7-11/h8-9,12H,4-7H2,1-3H3. The first-order chi connectivity index (χ1) is 5.56. The molecule has 72 valence electrons. The molecule has 1 fully saturated rings. The Balaban J connectivity index is 2.09. The van der Waals surface area contributed by atoms with E-state index in [9.17, 15) is 4.39 Å². The zero-order chi connectivity index (χ0) is 9.19. The third-order valence-electron chi connectivity index (χ3n) is 2.62. The molecule has 1 nitrogen and oxygen atoms in total. The second kappa shape index (κ2) is 3.73. The molecule has 1 aliphatic carbocycles. The highest BCUT2D eigenvalue weighted by molar-refractivity contribution is 4.94. The monoisotopic (exact) mass is 173 g/mol. The smallest absolute Gasteiger partial charge is 0.0949 e. The van der Waals surface area contributed by atoms with E-state index >= 15 is 0 Å². The van der Waals surface area contributed by atoms with Crippen LogP contribution in [0.3, 0.4) is 0 Å². The van der Waals surface area contributed by atoms with Crippen LogP contribution in [0.4, 0.5) is 4.39 Å². The Labute approximate surface area is 74.7 Å². The molecule has 0 spiro atoms. The van der Waals surface area contributed by atoms with Crippen molar-refractivity contribution in [3.63, 3.8) is 0 Å². The predicted octanol–water partition coefficient (Wildman–Crippen LogP) is 2.37. The predicted molar refractivity (Wildman–Crippen MR) is 49.9 cm³/mol. The maximum Gasteiger partial charge on any atom is 0.0949 e. The topological polar surface area (TPSA) is 12.0 Å². The van der Waals surface area contributed by atoms with Crippen LogP contribution in [0.15, 0.2) is 0 Å². The number of hydrogen-bond donors (Lipinski definition) is 1. The lowest BCUT2D eigenvalue weighted by Crippen LogP contribution is -2.49. The highest BCUT2D eigenvalue weighted by atomic mass is 19.1. The van der Waals surface area contributed by atoms with Crippen LogP contribution in [0, 0.1) is 11.3 Å². The van der Waals surface area contributed by atoms with E-state index in [1.54, 1.807) is 0 Å². The Morgan fingerprint density at radius 1 is 1.50 bits per heavy atom. The lowest BCUT2D eigenvalue weighted by Gasteiger charge is -2.44. The van der Waals surface area contributed by atoms with Gasteiger partial charge in [-0.2, -0.15) is 0 Å². The van der Waals surface area contributed by atoms with Crippen LogP contribution in [0.2, 0.25) is 0 Å². The molecule has 1 saturated carbocycles. The second-order valence-electron chi connectivity index (χ2n) is 4.85. The van der Waals surface area contributed by atoms with Crippen molar-refractivity contribution in [3.05, 3.63) is 0 Å². The summed E-state index contributed by atoms with van der Waals surface area (Å²) in [4.78, 5) is 0. The summed E-state index contributed by atoms with van der Waals surface area (Å²) in [6.45, 7) is 7.32. The summed E-state index contributed by atoms with van der Waals surface area (Å²) in [5.74, 6) is 0.697. The van der Waals surface area contributed by atoms with Crippen LogP contribution >= 0.6 is 0 Å². The number of nitrogens with one attached hydrogen (secondary N) is 1. The highest BCUT2D eigenvalue weighted by Crippen LogP contribution is 2.40. The molecule has 0 unspecified atom stereocenters. The van der Waals surface area contributed by atoms with Gasteiger partial charge in [-0.1, -0.05) is 20.8 Å². The average Bonchev–Trinajstić information content (AvgIpc) is 1.95. The van der Waals surface area contributed by atoms with E-state index in [1.807, 2.05) is 6.92 Å². The Kier molecular flexibility index (Phi) is 3.10. The molecule has 0 aliphatic heterocycles. The molecule has 0 heterocycles. The fourth-order valence-electron chi connectivity index (χ4n) is 1.79. The summed E-state index contributed by atoms with van der Waals surface area (Å²) in [5, 5.41) is 3.44. The third kappa shape index (κ3) is 2.44. The quantitative estimate of drug-likeness (QED) is 0.688. The minimum absolute atomic E-state index is 0.00531. The number of alkyl halides is 1. The van der Waals surface area contributed by atoms with Crippen LogP contribution in [0.25, 0.3) is 0 Å². The van der Waals surface area contributed by atoms with Crippen molar-refractivity contribution in [2.24, 2.45) is 11.3 Å². The van der Waals surface area contributed by atoms with Crippen molar-refractivity contribution < 1.29 is 4.39 Å². The van der Waals surface area contributed by atoms with E-state index < -0.39 is 0 Å². The van der Waals surface area contributed by atoms with Crippen LogP contribution in [-0.2, 0) is 0 Å². The summed E-state index contributed by atoms with van der Waals surface area (Å²) < 4.78 is 12.4. The van der Waals surface area contributed by atoms with Gasteiger partial charge >= 0.3 is 0 Å². The Morgan fingerprint density at radius 3 is 2.50 bits per heavy atom. The fraction of sp³-hybridized carbons (Fsp3) is 1.00. The lowest BCUT2D eigenvalue weighted by molar-refractivity contribution is 0.0696. The van der Waals surface area contributed by atoms with Gasteiger partial charge in [0.25, 0.3) is 0 Å². The van der Waals surface area contributed by atoms with Crippen molar-refractivity contribution in [2.45, 2.75) is 39.7 Å². The van der Waals surface area contributed by atoms with Gasteiger partial charge in [0.1, 0.15) is 0 Å². The molecule has 0 aromatic carbocycles. The van der Waals surface area contributed by atoms with Gasteiger partial charge in [0.15, 0.2) is 0 Å². The zero-order valence-corrected chi connectivity index (χ0v) is 8.36. The molecule has 12 heavy (non-hydrogen) atoms. The highest BCUT2D eigenvalue weighted by Gasteiger charge is 2.39. The van der Waals surface area contributed by atoms with Gasteiger partial charge in [-0.3, -0.25) is 4.39 Å². The molecule has 0 saturated heterocycles. The van der Waals surface area contributed by atoms with E-state index in [4.69, 9.17) is 0 Å². The molecule has 0 aromatic heterocycles. The molecule has 2 heteroatoms. The van der Waals surface area contributed by atoms with Gasteiger partial charge in [0.2, 0.25) is 0 Å². The first kappa shape index (κ1) is 9.97. The van der Waals surface area contributed by atoms with Crippen molar-refractivity contribution >= 4 is 0 Å². The van der Waals surface area contributed by atoms with Crippen LogP contribution in [0.1, 0.15) is 33.6 Å². The summed E-state index contributed by atoms with van der Waals surface area (Å²) in [6, 6.07) is 0.577. The van der Waals surface area contributed by atoms with Crippen molar-refractivity contribution in [1.29, 1.82) is 0 Å². The maximum atomic E-state index is 12.4. The Bertz CT molecular complexity index is 139. The minimum Gasteiger partial charge on any atom is -0.314 e. The molecule has 1 N–H and O–H groups in total. The van der Waals surface area contributed by atoms with Crippen molar-refractivity contribution in [3.8, 4) is 0 Å². The van der Waals surface area contributed by atoms with Gasteiger partial charge in [0.05, 0.1) is 6.67 Å². The van der Waals surface area contributed by atoms with E-state index in [1.165, 1.54) is 0 Å². The van der Waals surface area contributed by atoms with Crippen LogP contribution in [-0.4, -0.2) is 19.3 Å². The Morgan fingerprint density at radius 2 is 2.08 bits per heavy atom. The summed E-state index contributed by atoms with van der Waals surface area (Å²) in [5.41, 5.74) is -0.00531. The molecule has 0 aromatic rings. The number of rotatable bonds is 4. The zero-order valence-electron chi connectivity index (χ0n) is 8.36. The molecular weight excluding hydrogens is 153 g/mol. The third-order valence-corrected chi connectivity index (χ3v) is 2.62. The summed E-state index contributed by atoms with van der Waals surface area (Å²) in [6.07, 6.45) is 2.02. The largest absolute Gasteiger partial charge is 0.314 e. The normalized spacial score (nSPS) is 35.2. The number of hydrogen-bond acceptors (Lipinski definition) is 1. The first-order valence-electron chi connectivity index (χ1n) is 4.85. The average molecular weight is 173 g/mol. The molecule has 1 aliphatic rings. The van der Waals surface area contributed by atoms with E-state index in [-0.39, 0.29) is 12.1 Å². The number of halogens is 1. The molecule has 0 atom stereocenters. The summed E-state index contributed by atoms with van der Waals surface area (Å²) in [7, 11) is 0. The fourth-order valence-corrected chi connectivity index (χ4v) is 1.79. The van der Waals surface area contributed by atoms with Gasteiger partial charge in [0, 0.05) is 6.04 Å². The van der Waals surface area contributed by atoms with E-state index in [0.717, 1.165) is 19.4 Å². The second-order valence-corrected chi connectivity index (χ2v) is 4.85. The molecule has 0 bridgehead atoms. The maximum absolute atomic E-state index is 12.4. The summed E-state index contributed by atoms with van der Waals surface area (Å²) >= 11 is 0. The SMILES string of the molecule is CC(C)CNC1CC(C)(CF)C1. The lowest BCUT2D eigenvalue weighted by atomic mass is 9.68. The van der Waals surface area contributed by atoms with Gasteiger partial charge < -0.3 is 5.32 Å².